The summed E-state index contributed by atoms with van der Waals surface area (Å²) in [5, 5.41) is 7.37. The second-order valence-electron chi connectivity index (χ2n) is 12.0. The number of fused-ring (bicyclic) bond motifs is 6. The van der Waals surface area contributed by atoms with Crippen LogP contribution in [0.3, 0.4) is 0 Å². The SMILES string of the molecule is c1ccc(-c2ccc(-c3cccc(-c4nc(-c5ccccc5)nc(-c5ccc6c7ccccc7c7ccccc7c6c5)n4)c3)cc2)cc1. The molecule has 1 aromatic heterocycles. The van der Waals surface area contributed by atoms with Crippen LogP contribution in [0.5, 0.6) is 0 Å². The maximum Gasteiger partial charge on any atom is 0.164 e. The van der Waals surface area contributed by atoms with E-state index in [2.05, 4.69) is 140 Å². The van der Waals surface area contributed by atoms with E-state index >= 15 is 0 Å². The molecule has 0 radical (unpaired) electrons. The molecular weight excluding hydrogens is 583 g/mol. The highest BCUT2D eigenvalue weighted by Crippen LogP contribution is 2.37. The average Bonchev–Trinajstić information content (AvgIpc) is 3.18. The van der Waals surface area contributed by atoms with Gasteiger partial charge in [-0.15, -0.1) is 0 Å². The van der Waals surface area contributed by atoms with Crippen LogP contribution in [0, 0.1) is 0 Å². The van der Waals surface area contributed by atoms with Crippen LogP contribution in [0.2, 0.25) is 0 Å². The molecule has 9 rings (SSSR count). The Kier molecular flexibility index (Phi) is 6.80. The third-order valence-corrected chi connectivity index (χ3v) is 9.12. The van der Waals surface area contributed by atoms with Crippen LogP contribution >= 0.6 is 0 Å². The lowest BCUT2D eigenvalue weighted by Crippen LogP contribution is -2.00. The summed E-state index contributed by atoms with van der Waals surface area (Å²) in [5.74, 6) is 1.94. The van der Waals surface area contributed by atoms with E-state index in [0.29, 0.717) is 17.5 Å². The van der Waals surface area contributed by atoms with Crippen LogP contribution < -0.4 is 0 Å². The molecule has 3 nitrogen and oxygen atoms in total. The first-order valence-corrected chi connectivity index (χ1v) is 16.2. The molecule has 0 amide bonds. The molecule has 0 aliphatic carbocycles. The minimum absolute atomic E-state index is 0.644. The largest absolute Gasteiger partial charge is 0.208 e. The Balaban J connectivity index is 1.18. The molecule has 224 valence electrons. The molecule has 0 saturated heterocycles. The predicted molar refractivity (Wildman–Crippen MR) is 200 cm³/mol. The zero-order valence-electron chi connectivity index (χ0n) is 26.1. The Hall–Kier alpha value is -6.45. The van der Waals surface area contributed by atoms with Gasteiger partial charge in [0.15, 0.2) is 17.5 Å². The maximum atomic E-state index is 5.11. The number of hydrogen-bond acceptors (Lipinski definition) is 3. The summed E-state index contributed by atoms with van der Waals surface area (Å²) in [7, 11) is 0. The van der Waals surface area contributed by atoms with Gasteiger partial charge in [0.1, 0.15) is 0 Å². The summed E-state index contributed by atoms with van der Waals surface area (Å²) >= 11 is 0. The van der Waals surface area contributed by atoms with E-state index < -0.39 is 0 Å². The molecule has 48 heavy (non-hydrogen) atoms. The molecule has 0 N–H and O–H groups in total. The zero-order valence-corrected chi connectivity index (χ0v) is 26.1. The van der Waals surface area contributed by atoms with Crippen molar-refractivity contribution in [3.63, 3.8) is 0 Å². The molecule has 9 aromatic rings. The Morgan fingerprint density at radius 3 is 1.15 bits per heavy atom. The molecule has 0 aliphatic heterocycles. The van der Waals surface area contributed by atoms with E-state index in [4.69, 9.17) is 15.0 Å². The summed E-state index contributed by atoms with van der Waals surface area (Å²) < 4.78 is 0. The fourth-order valence-electron chi connectivity index (χ4n) is 6.72. The molecule has 3 heteroatoms. The second kappa shape index (κ2) is 11.7. The third kappa shape index (κ3) is 4.99. The fourth-order valence-corrected chi connectivity index (χ4v) is 6.72. The van der Waals surface area contributed by atoms with Crippen molar-refractivity contribution in [2.75, 3.05) is 0 Å². The second-order valence-corrected chi connectivity index (χ2v) is 12.0. The van der Waals surface area contributed by atoms with Gasteiger partial charge in [0.2, 0.25) is 0 Å². The van der Waals surface area contributed by atoms with Crippen molar-refractivity contribution >= 4 is 32.3 Å². The van der Waals surface area contributed by atoms with Crippen molar-refractivity contribution in [3.8, 4) is 56.4 Å². The Morgan fingerprint density at radius 2 is 0.562 bits per heavy atom. The number of hydrogen-bond donors (Lipinski definition) is 0. The molecule has 0 saturated carbocycles. The van der Waals surface area contributed by atoms with Crippen LogP contribution in [-0.2, 0) is 0 Å². The van der Waals surface area contributed by atoms with Crippen LogP contribution in [-0.4, -0.2) is 15.0 Å². The highest BCUT2D eigenvalue weighted by molar-refractivity contribution is 6.25. The minimum atomic E-state index is 0.644. The minimum Gasteiger partial charge on any atom is -0.208 e. The van der Waals surface area contributed by atoms with Gasteiger partial charge >= 0.3 is 0 Å². The van der Waals surface area contributed by atoms with Gasteiger partial charge in [-0.25, -0.2) is 15.0 Å². The van der Waals surface area contributed by atoms with Crippen molar-refractivity contribution in [3.05, 3.63) is 176 Å². The smallest absolute Gasteiger partial charge is 0.164 e. The first-order valence-electron chi connectivity index (χ1n) is 16.2. The molecular formula is C45H29N3. The molecule has 0 fully saturated rings. The third-order valence-electron chi connectivity index (χ3n) is 9.12. The molecule has 0 atom stereocenters. The van der Waals surface area contributed by atoms with Crippen molar-refractivity contribution in [2.24, 2.45) is 0 Å². The van der Waals surface area contributed by atoms with Crippen LogP contribution in [0.25, 0.3) is 88.7 Å². The Labute approximate surface area is 278 Å². The maximum absolute atomic E-state index is 5.11. The monoisotopic (exact) mass is 611 g/mol. The van der Waals surface area contributed by atoms with E-state index in [9.17, 15) is 0 Å². The van der Waals surface area contributed by atoms with Gasteiger partial charge in [-0.1, -0.05) is 164 Å². The van der Waals surface area contributed by atoms with Crippen molar-refractivity contribution in [1.82, 2.24) is 15.0 Å². The fraction of sp³-hybridized carbons (Fsp3) is 0. The summed E-state index contributed by atoms with van der Waals surface area (Å²) in [4.78, 5) is 15.2. The molecule has 0 spiro atoms. The molecule has 0 unspecified atom stereocenters. The first kappa shape index (κ1) is 27.8. The highest BCUT2D eigenvalue weighted by Gasteiger charge is 2.15. The van der Waals surface area contributed by atoms with Crippen LogP contribution in [0.4, 0.5) is 0 Å². The standard InChI is InChI=1S/C45H29N3/c1-3-12-30(13-4-1)31-22-24-32(25-23-31)34-16-11-17-35(28-34)44-46-43(33-14-5-2-6-15-33)47-45(48-44)36-26-27-41-39-20-8-7-18-37(39)38-19-9-10-21-40(38)42(41)29-36/h1-29H. The normalized spacial score (nSPS) is 11.3. The first-order chi connectivity index (χ1) is 23.8. The van der Waals surface area contributed by atoms with Gasteiger partial charge in [0.05, 0.1) is 0 Å². The Bertz CT molecular complexity index is 2560. The van der Waals surface area contributed by atoms with Crippen LogP contribution in [0.15, 0.2) is 176 Å². The summed E-state index contributed by atoms with van der Waals surface area (Å²) in [6.07, 6.45) is 0. The molecule has 0 aliphatic rings. The van der Waals surface area contributed by atoms with E-state index in [1.165, 1.54) is 43.4 Å². The lowest BCUT2D eigenvalue weighted by atomic mass is 9.93. The molecule has 8 aromatic carbocycles. The molecule has 1 heterocycles. The summed E-state index contributed by atoms with van der Waals surface area (Å²) in [5.41, 5.74) is 7.50. The van der Waals surface area contributed by atoms with E-state index in [1.54, 1.807) is 0 Å². The van der Waals surface area contributed by atoms with E-state index in [-0.39, 0.29) is 0 Å². The van der Waals surface area contributed by atoms with Gasteiger partial charge in [0.25, 0.3) is 0 Å². The van der Waals surface area contributed by atoms with Gasteiger partial charge in [-0.05, 0) is 66.7 Å². The van der Waals surface area contributed by atoms with Gasteiger partial charge in [0, 0.05) is 16.7 Å². The van der Waals surface area contributed by atoms with Crippen molar-refractivity contribution in [2.45, 2.75) is 0 Å². The summed E-state index contributed by atoms with van der Waals surface area (Å²) in [6, 6.07) is 61.7. The lowest BCUT2D eigenvalue weighted by Gasteiger charge is -2.13. The highest BCUT2D eigenvalue weighted by atomic mass is 15.0. The quantitative estimate of drug-likeness (QED) is 0.182. The van der Waals surface area contributed by atoms with Gasteiger partial charge in [-0.3, -0.25) is 0 Å². The topological polar surface area (TPSA) is 38.7 Å². The van der Waals surface area contributed by atoms with Gasteiger partial charge < -0.3 is 0 Å². The van der Waals surface area contributed by atoms with Crippen molar-refractivity contribution < 1.29 is 0 Å². The zero-order chi connectivity index (χ0) is 31.9. The van der Waals surface area contributed by atoms with Crippen molar-refractivity contribution in [1.29, 1.82) is 0 Å². The number of rotatable bonds is 5. The van der Waals surface area contributed by atoms with E-state index in [1.807, 2.05) is 36.4 Å². The Morgan fingerprint density at radius 1 is 0.208 bits per heavy atom. The van der Waals surface area contributed by atoms with E-state index in [0.717, 1.165) is 27.8 Å². The number of aromatic nitrogens is 3. The van der Waals surface area contributed by atoms with Crippen LogP contribution in [0.1, 0.15) is 0 Å². The van der Waals surface area contributed by atoms with Gasteiger partial charge in [-0.2, -0.15) is 0 Å². The predicted octanol–water partition coefficient (Wildman–Crippen LogP) is 11.7. The lowest BCUT2D eigenvalue weighted by molar-refractivity contribution is 1.07. The number of nitrogens with zero attached hydrogens (tertiary/aromatic N) is 3. The summed E-state index contributed by atoms with van der Waals surface area (Å²) in [6.45, 7) is 0. The molecule has 0 bridgehead atoms. The average molecular weight is 612 g/mol. The number of benzene rings is 8.